The fourth-order valence-corrected chi connectivity index (χ4v) is 2.50. The van der Waals surface area contributed by atoms with Crippen molar-refractivity contribution >= 4 is 5.91 Å². The summed E-state index contributed by atoms with van der Waals surface area (Å²) >= 11 is 0. The molecule has 116 valence electrons. The fraction of sp³-hybridized carbons (Fsp3) is 0.588. The molecular weight excluding hydrogens is 267 g/mol. The van der Waals surface area contributed by atoms with Gasteiger partial charge in [0.15, 0.2) is 0 Å². The molecule has 1 fully saturated rings. The highest BCUT2D eigenvalue weighted by Crippen LogP contribution is 2.29. The van der Waals surface area contributed by atoms with E-state index in [4.69, 9.17) is 0 Å². The molecule has 0 N–H and O–H groups in total. The van der Waals surface area contributed by atoms with Gasteiger partial charge in [-0.3, -0.25) is 9.69 Å². The van der Waals surface area contributed by atoms with E-state index in [0.717, 1.165) is 25.4 Å². The van der Waals surface area contributed by atoms with Crippen molar-refractivity contribution < 1.29 is 9.18 Å². The van der Waals surface area contributed by atoms with Gasteiger partial charge in [-0.05, 0) is 37.8 Å². The Balaban J connectivity index is 1.86. The summed E-state index contributed by atoms with van der Waals surface area (Å²) < 4.78 is 13.6. The molecule has 0 radical (unpaired) electrons. The molecule has 1 aromatic carbocycles. The van der Waals surface area contributed by atoms with Crippen molar-refractivity contribution in [2.75, 3.05) is 26.7 Å². The average Bonchev–Trinajstić information content (AvgIpc) is 3.25. The van der Waals surface area contributed by atoms with Crippen molar-refractivity contribution in [2.45, 2.75) is 32.7 Å². The van der Waals surface area contributed by atoms with E-state index < -0.39 is 0 Å². The summed E-state index contributed by atoms with van der Waals surface area (Å²) in [4.78, 5) is 16.2. The van der Waals surface area contributed by atoms with Crippen LogP contribution < -0.4 is 0 Å². The lowest BCUT2D eigenvalue weighted by atomic mass is 10.2. The first-order valence-corrected chi connectivity index (χ1v) is 7.80. The lowest BCUT2D eigenvalue weighted by molar-refractivity contribution is -0.131. The van der Waals surface area contributed by atoms with E-state index in [0.29, 0.717) is 18.7 Å². The summed E-state index contributed by atoms with van der Waals surface area (Å²) in [6.45, 7) is 4.88. The van der Waals surface area contributed by atoms with Crippen molar-refractivity contribution in [1.29, 1.82) is 0 Å². The van der Waals surface area contributed by atoms with E-state index >= 15 is 0 Å². The van der Waals surface area contributed by atoms with E-state index in [2.05, 4.69) is 11.8 Å². The predicted octanol–water partition coefficient (Wildman–Crippen LogP) is 2.91. The highest BCUT2D eigenvalue weighted by atomic mass is 19.1. The molecule has 1 amide bonds. The Labute approximate surface area is 126 Å². The average molecular weight is 292 g/mol. The molecule has 0 aliphatic heterocycles. The maximum Gasteiger partial charge on any atom is 0.236 e. The van der Waals surface area contributed by atoms with Crippen LogP contribution in [0.15, 0.2) is 24.3 Å². The van der Waals surface area contributed by atoms with Gasteiger partial charge in [-0.1, -0.05) is 25.1 Å². The Morgan fingerprint density at radius 3 is 2.67 bits per heavy atom. The molecule has 0 spiro atoms. The first kappa shape index (κ1) is 16.0. The van der Waals surface area contributed by atoms with Gasteiger partial charge >= 0.3 is 0 Å². The van der Waals surface area contributed by atoms with E-state index in [9.17, 15) is 9.18 Å². The number of carbonyl (C=O) groups is 1. The van der Waals surface area contributed by atoms with Gasteiger partial charge in [-0.25, -0.2) is 4.39 Å². The van der Waals surface area contributed by atoms with Crippen molar-refractivity contribution in [3.63, 3.8) is 0 Å². The second-order valence-electron chi connectivity index (χ2n) is 6.02. The van der Waals surface area contributed by atoms with Gasteiger partial charge in [-0.2, -0.15) is 0 Å². The van der Waals surface area contributed by atoms with E-state index in [1.54, 1.807) is 30.1 Å². The summed E-state index contributed by atoms with van der Waals surface area (Å²) in [6.07, 6.45) is 3.63. The molecule has 21 heavy (non-hydrogen) atoms. The number of benzene rings is 1. The quantitative estimate of drug-likeness (QED) is 0.735. The summed E-state index contributed by atoms with van der Waals surface area (Å²) in [5, 5.41) is 0. The second kappa shape index (κ2) is 7.55. The molecule has 3 nitrogen and oxygen atoms in total. The van der Waals surface area contributed by atoms with Gasteiger partial charge in [0.1, 0.15) is 5.82 Å². The Kier molecular flexibility index (Phi) is 5.74. The zero-order valence-electron chi connectivity index (χ0n) is 13.0. The molecule has 4 heteroatoms. The molecule has 1 aliphatic rings. The highest BCUT2D eigenvalue weighted by Gasteiger charge is 2.25. The Bertz CT molecular complexity index is 474. The van der Waals surface area contributed by atoms with Crippen molar-refractivity contribution in [1.82, 2.24) is 9.80 Å². The van der Waals surface area contributed by atoms with Gasteiger partial charge in [0, 0.05) is 25.7 Å². The maximum absolute atomic E-state index is 13.6. The minimum absolute atomic E-state index is 0.0624. The Morgan fingerprint density at radius 1 is 1.33 bits per heavy atom. The number of rotatable bonds is 8. The monoisotopic (exact) mass is 292 g/mol. The smallest absolute Gasteiger partial charge is 0.236 e. The van der Waals surface area contributed by atoms with Gasteiger partial charge in [-0.15, -0.1) is 0 Å². The number of hydrogen-bond donors (Lipinski definition) is 0. The lowest BCUT2D eigenvalue weighted by Gasteiger charge is -2.25. The summed E-state index contributed by atoms with van der Waals surface area (Å²) in [7, 11) is 1.75. The van der Waals surface area contributed by atoms with E-state index in [1.165, 1.54) is 18.9 Å². The zero-order valence-corrected chi connectivity index (χ0v) is 13.0. The van der Waals surface area contributed by atoms with Crippen LogP contribution in [-0.2, 0) is 11.3 Å². The third kappa shape index (κ3) is 5.12. The molecule has 1 aliphatic carbocycles. The fourth-order valence-electron chi connectivity index (χ4n) is 2.50. The van der Waals surface area contributed by atoms with Gasteiger partial charge in [0.25, 0.3) is 0 Å². The van der Waals surface area contributed by atoms with E-state index in [-0.39, 0.29) is 11.7 Å². The Hall–Kier alpha value is -1.42. The number of amides is 1. The van der Waals surface area contributed by atoms with Crippen LogP contribution in [0.4, 0.5) is 4.39 Å². The minimum atomic E-state index is -0.249. The highest BCUT2D eigenvalue weighted by molar-refractivity contribution is 5.78. The predicted molar refractivity (Wildman–Crippen MR) is 82.3 cm³/mol. The van der Waals surface area contributed by atoms with Crippen LogP contribution in [0.2, 0.25) is 0 Å². The van der Waals surface area contributed by atoms with Crippen LogP contribution in [0, 0.1) is 11.7 Å². The maximum atomic E-state index is 13.6. The molecular formula is C17H25FN2O. The minimum Gasteiger partial charge on any atom is -0.340 e. The van der Waals surface area contributed by atoms with Gasteiger partial charge < -0.3 is 4.90 Å². The zero-order chi connectivity index (χ0) is 15.2. The molecule has 0 unspecified atom stereocenters. The summed E-state index contributed by atoms with van der Waals surface area (Å²) in [5.41, 5.74) is 0.567. The molecule has 0 heterocycles. The number of likely N-dealkylation sites (N-methyl/N-ethyl adjacent to an activating group) is 1. The third-order valence-corrected chi connectivity index (χ3v) is 3.90. The van der Waals surface area contributed by atoms with Crippen molar-refractivity contribution in [2.24, 2.45) is 5.92 Å². The van der Waals surface area contributed by atoms with Crippen LogP contribution in [0.25, 0.3) is 0 Å². The SMILES string of the molecule is CCCN(CC(=O)N(C)Cc1ccccc1F)CC1CC1. The molecule has 0 aromatic heterocycles. The first-order chi connectivity index (χ1) is 10.1. The molecule has 1 saturated carbocycles. The van der Waals surface area contributed by atoms with Crippen LogP contribution in [0.1, 0.15) is 31.7 Å². The van der Waals surface area contributed by atoms with Crippen LogP contribution in [-0.4, -0.2) is 42.4 Å². The number of nitrogens with zero attached hydrogens (tertiary/aromatic N) is 2. The topological polar surface area (TPSA) is 23.6 Å². The molecule has 2 rings (SSSR count). The lowest BCUT2D eigenvalue weighted by Crippen LogP contribution is -2.39. The van der Waals surface area contributed by atoms with Crippen molar-refractivity contribution in [3.05, 3.63) is 35.6 Å². The van der Waals surface area contributed by atoms with Gasteiger partial charge in [0.05, 0.1) is 6.54 Å². The molecule has 0 saturated heterocycles. The van der Waals surface area contributed by atoms with Gasteiger partial charge in [0.2, 0.25) is 5.91 Å². The molecule has 0 atom stereocenters. The second-order valence-corrected chi connectivity index (χ2v) is 6.02. The summed E-state index contributed by atoms with van der Waals surface area (Å²) in [6, 6.07) is 6.63. The van der Waals surface area contributed by atoms with Crippen LogP contribution in [0.5, 0.6) is 0 Å². The Morgan fingerprint density at radius 2 is 2.05 bits per heavy atom. The standard InChI is InChI=1S/C17H25FN2O/c1-3-10-20(11-14-8-9-14)13-17(21)19(2)12-15-6-4-5-7-16(15)18/h4-7,14H,3,8-13H2,1-2H3. The number of hydrogen-bond acceptors (Lipinski definition) is 2. The molecule has 1 aromatic rings. The third-order valence-electron chi connectivity index (χ3n) is 3.90. The van der Waals surface area contributed by atoms with Crippen LogP contribution >= 0.6 is 0 Å². The normalized spacial score (nSPS) is 14.5. The summed E-state index contributed by atoms with van der Waals surface area (Å²) in [5.74, 6) is 0.592. The first-order valence-electron chi connectivity index (χ1n) is 7.80. The van der Waals surface area contributed by atoms with Crippen LogP contribution in [0.3, 0.4) is 0 Å². The number of halogens is 1. The largest absolute Gasteiger partial charge is 0.340 e. The number of carbonyl (C=O) groups excluding carboxylic acids is 1. The van der Waals surface area contributed by atoms with Crippen molar-refractivity contribution in [3.8, 4) is 0 Å². The molecule has 0 bridgehead atoms. The van der Waals surface area contributed by atoms with E-state index in [1.807, 2.05) is 0 Å².